The monoisotopic (exact) mass is 290 g/mol. The highest BCUT2D eigenvalue weighted by Crippen LogP contribution is 2.12. The van der Waals surface area contributed by atoms with Gasteiger partial charge in [-0.25, -0.2) is 0 Å². The molecule has 0 saturated carbocycles. The fourth-order valence-corrected chi connectivity index (χ4v) is 3.71. The molecular weight excluding hydrogens is 272 g/mol. The van der Waals surface area contributed by atoms with E-state index < -0.39 is 8.80 Å². The molecule has 5 heteroatoms. The molecule has 0 aliphatic heterocycles. The van der Waals surface area contributed by atoms with Crippen LogP contribution in [0.3, 0.4) is 0 Å². The van der Waals surface area contributed by atoms with Gasteiger partial charge in [0.25, 0.3) is 0 Å². The second-order valence-electron chi connectivity index (χ2n) is 4.05. The van der Waals surface area contributed by atoms with Crippen molar-refractivity contribution < 1.29 is 18.0 Å². The van der Waals surface area contributed by atoms with Crippen LogP contribution in [-0.2, 0) is 13.3 Å². The third-order valence-electron chi connectivity index (χ3n) is 2.88. The molecule has 2 rings (SSSR count). The number of rotatable bonds is 7. The van der Waals surface area contributed by atoms with E-state index in [0.29, 0.717) is 0 Å². The van der Waals surface area contributed by atoms with E-state index in [2.05, 4.69) is 0 Å². The molecule has 0 aromatic heterocycles. The van der Waals surface area contributed by atoms with Crippen LogP contribution in [0.15, 0.2) is 60.7 Å². The summed E-state index contributed by atoms with van der Waals surface area (Å²) in [5, 5.41) is 0.904. The molecule has 0 radical (unpaired) electrons. The lowest BCUT2D eigenvalue weighted by Crippen LogP contribution is -2.55. The van der Waals surface area contributed by atoms with Crippen molar-refractivity contribution in [3.05, 3.63) is 60.7 Å². The molecule has 2 aromatic rings. The van der Waals surface area contributed by atoms with Crippen LogP contribution in [0.1, 0.15) is 0 Å². The Morgan fingerprint density at radius 3 is 1.90 bits per heavy atom. The van der Waals surface area contributed by atoms with Gasteiger partial charge in [0.1, 0.15) is 5.75 Å². The van der Waals surface area contributed by atoms with Crippen molar-refractivity contribution in [1.82, 2.24) is 0 Å². The van der Waals surface area contributed by atoms with Crippen LogP contribution in [0.5, 0.6) is 5.75 Å². The zero-order chi connectivity index (χ0) is 14.3. The van der Waals surface area contributed by atoms with Crippen LogP contribution < -0.4 is 9.92 Å². The van der Waals surface area contributed by atoms with E-state index in [4.69, 9.17) is 18.0 Å². The maximum atomic E-state index is 5.79. The van der Waals surface area contributed by atoms with Crippen molar-refractivity contribution in [2.24, 2.45) is 0 Å². The van der Waals surface area contributed by atoms with Crippen molar-refractivity contribution in [2.45, 2.75) is 0 Å². The van der Waals surface area contributed by atoms with Gasteiger partial charge < -0.3 is 18.0 Å². The van der Waals surface area contributed by atoms with Gasteiger partial charge in [0.2, 0.25) is 0 Å². The molecule has 0 unspecified atom stereocenters. The summed E-state index contributed by atoms with van der Waals surface area (Å²) in [6.45, 7) is 0.0762. The molecule has 0 spiro atoms. The number of hydrogen-bond donors (Lipinski definition) is 0. The predicted molar refractivity (Wildman–Crippen MR) is 78.9 cm³/mol. The van der Waals surface area contributed by atoms with Gasteiger partial charge in [-0.1, -0.05) is 48.5 Å². The van der Waals surface area contributed by atoms with Crippen molar-refractivity contribution in [1.29, 1.82) is 0 Å². The highest BCUT2D eigenvalue weighted by molar-refractivity contribution is 6.75. The Bertz CT molecular complexity index is 500. The van der Waals surface area contributed by atoms with Gasteiger partial charge in [-0.2, -0.15) is 0 Å². The quantitative estimate of drug-likeness (QED) is 0.578. The molecule has 0 N–H and O–H groups in total. The molecular formula is C15H18O4Si. The Balaban J connectivity index is 2.03. The molecule has 4 nitrogen and oxygen atoms in total. The first-order chi connectivity index (χ1) is 9.80. The average Bonchev–Trinajstić information content (AvgIpc) is 2.54. The Morgan fingerprint density at radius 1 is 0.800 bits per heavy atom. The maximum absolute atomic E-state index is 5.79. The van der Waals surface area contributed by atoms with E-state index in [1.54, 1.807) is 14.2 Å². The van der Waals surface area contributed by atoms with Crippen molar-refractivity contribution in [3.8, 4) is 5.75 Å². The van der Waals surface area contributed by atoms with Gasteiger partial charge >= 0.3 is 8.80 Å². The molecule has 106 valence electrons. The normalized spacial score (nSPS) is 11.3. The van der Waals surface area contributed by atoms with Gasteiger partial charge in [-0.05, 0) is 12.1 Å². The fraction of sp³-hybridized carbons (Fsp3) is 0.200. The standard InChI is InChI=1S/C15H18O4Si/c1-16-20(17-2,15-11-7-4-8-12-15)19-13-18-14-9-5-3-6-10-14/h3-12H,13H2,1-2H3. The van der Waals surface area contributed by atoms with Crippen molar-refractivity contribution >= 4 is 14.0 Å². The van der Waals surface area contributed by atoms with Crippen LogP contribution in [0.25, 0.3) is 0 Å². The van der Waals surface area contributed by atoms with Gasteiger partial charge in [-0.3, -0.25) is 0 Å². The minimum Gasteiger partial charge on any atom is -0.468 e. The maximum Gasteiger partial charge on any atom is 0.539 e. The van der Waals surface area contributed by atoms with Crippen LogP contribution in [0.2, 0.25) is 0 Å². The molecule has 0 aliphatic rings. The average molecular weight is 290 g/mol. The van der Waals surface area contributed by atoms with E-state index in [9.17, 15) is 0 Å². The number of para-hydroxylation sites is 1. The Kier molecular flexibility index (Phi) is 5.31. The van der Waals surface area contributed by atoms with Gasteiger partial charge in [0.05, 0.1) is 0 Å². The van der Waals surface area contributed by atoms with Gasteiger partial charge in [-0.15, -0.1) is 0 Å². The Labute approximate surface area is 120 Å². The molecule has 0 amide bonds. The Hall–Kier alpha value is -1.66. The molecule has 0 atom stereocenters. The minimum absolute atomic E-state index is 0.0762. The van der Waals surface area contributed by atoms with Gasteiger partial charge in [0.15, 0.2) is 6.79 Å². The van der Waals surface area contributed by atoms with Crippen LogP contribution in [0.4, 0.5) is 0 Å². The third kappa shape index (κ3) is 3.46. The summed E-state index contributed by atoms with van der Waals surface area (Å²) < 4.78 is 22.4. The summed E-state index contributed by atoms with van der Waals surface area (Å²) in [4.78, 5) is 0. The van der Waals surface area contributed by atoms with Crippen LogP contribution in [0, 0.1) is 0 Å². The molecule has 2 aromatic carbocycles. The topological polar surface area (TPSA) is 36.9 Å². The first-order valence-corrected chi connectivity index (χ1v) is 8.01. The SMILES string of the molecule is CO[Si](OC)(OCOc1ccccc1)c1ccccc1. The summed E-state index contributed by atoms with van der Waals surface area (Å²) in [5.74, 6) is 0.746. The molecule has 0 bridgehead atoms. The molecule has 20 heavy (non-hydrogen) atoms. The summed E-state index contributed by atoms with van der Waals surface area (Å²) in [6.07, 6.45) is 0. The third-order valence-corrected chi connectivity index (χ3v) is 5.50. The summed E-state index contributed by atoms with van der Waals surface area (Å²) in [5.41, 5.74) is 0. The van der Waals surface area contributed by atoms with Crippen LogP contribution >= 0.6 is 0 Å². The highest BCUT2D eigenvalue weighted by atomic mass is 28.4. The first-order valence-electron chi connectivity index (χ1n) is 6.28. The summed E-state index contributed by atoms with van der Waals surface area (Å²) >= 11 is 0. The highest BCUT2D eigenvalue weighted by Gasteiger charge is 2.42. The van der Waals surface area contributed by atoms with Crippen molar-refractivity contribution in [3.63, 3.8) is 0 Å². The molecule has 0 fully saturated rings. The first kappa shape index (κ1) is 14.7. The lowest BCUT2D eigenvalue weighted by molar-refractivity contribution is 0.0374. The van der Waals surface area contributed by atoms with Gasteiger partial charge in [0, 0.05) is 19.4 Å². The zero-order valence-electron chi connectivity index (χ0n) is 11.6. The second kappa shape index (κ2) is 7.21. The molecule has 0 aliphatic carbocycles. The van der Waals surface area contributed by atoms with E-state index in [1.807, 2.05) is 60.7 Å². The minimum atomic E-state index is -2.90. The summed E-state index contributed by atoms with van der Waals surface area (Å²) in [7, 11) is 0.279. The van der Waals surface area contributed by atoms with Crippen molar-refractivity contribution in [2.75, 3.05) is 21.0 Å². The lowest BCUT2D eigenvalue weighted by atomic mass is 10.3. The van der Waals surface area contributed by atoms with E-state index in [-0.39, 0.29) is 6.79 Å². The number of hydrogen-bond acceptors (Lipinski definition) is 4. The molecule has 0 heterocycles. The van der Waals surface area contributed by atoms with E-state index >= 15 is 0 Å². The van der Waals surface area contributed by atoms with E-state index in [0.717, 1.165) is 10.9 Å². The van der Waals surface area contributed by atoms with Crippen LogP contribution in [-0.4, -0.2) is 29.8 Å². The smallest absolute Gasteiger partial charge is 0.468 e. The number of benzene rings is 2. The molecule has 0 saturated heterocycles. The zero-order valence-corrected chi connectivity index (χ0v) is 12.6. The second-order valence-corrected chi connectivity index (χ2v) is 6.84. The lowest BCUT2D eigenvalue weighted by Gasteiger charge is -2.26. The largest absolute Gasteiger partial charge is 0.539 e. The predicted octanol–water partition coefficient (Wildman–Crippen LogP) is 2.18. The Morgan fingerprint density at radius 2 is 1.35 bits per heavy atom. The summed E-state index contributed by atoms with van der Waals surface area (Å²) in [6, 6.07) is 19.1. The number of ether oxygens (including phenoxy) is 1. The fourth-order valence-electron chi connectivity index (χ4n) is 1.85. The van der Waals surface area contributed by atoms with E-state index in [1.165, 1.54) is 0 Å².